The van der Waals surface area contributed by atoms with E-state index in [1.54, 1.807) is 0 Å². The van der Waals surface area contributed by atoms with Gasteiger partial charge in [0, 0.05) is 6.61 Å². The molecule has 4 heteroatoms. The first kappa shape index (κ1) is 16.4. The predicted octanol–water partition coefficient (Wildman–Crippen LogP) is 2.59. The zero-order chi connectivity index (χ0) is 14.8. The summed E-state index contributed by atoms with van der Waals surface area (Å²) in [6.45, 7) is 4.74. The van der Waals surface area contributed by atoms with Gasteiger partial charge in [-0.2, -0.15) is 0 Å². The largest absolute Gasteiger partial charge is 0.480 e. The second-order valence-corrected chi connectivity index (χ2v) is 4.91. The van der Waals surface area contributed by atoms with Crippen molar-refractivity contribution in [3.63, 3.8) is 0 Å². The van der Waals surface area contributed by atoms with Crippen LogP contribution in [0.1, 0.15) is 24.8 Å². The van der Waals surface area contributed by atoms with Crippen molar-refractivity contribution in [3.05, 3.63) is 48.6 Å². The maximum Gasteiger partial charge on any atom is 0.320 e. The molecule has 0 aliphatic carbocycles. The summed E-state index contributed by atoms with van der Waals surface area (Å²) in [6, 6.07) is 9.07. The molecule has 0 bridgehead atoms. The van der Waals surface area contributed by atoms with E-state index in [1.807, 2.05) is 36.4 Å². The maximum absolute atomic E-state index is 10.8. The molecule has 2 atom stereocenters. The van der Waals surface area contributed by atoms with E-state index in [1.165, 1.54) is 0 Å². The van der Waals surface area contributed by atoms with Crippen LogP contribution >= 0.6 is 0 Å². The molecule has 0 amide bonds. The highest BCUT2D eigenvalue weighted by Gasteiger charge is 2.18. The molecule has 0 saturated heterocycles. The van der Waals surface area contributed by atoms with E-state index in [4.69, 9.17) is 15.6 Å². The van der Waals surface area contributed by atoms with Gasteiger partial charge >= 0.3 is 5.97 Å². The Labute approximate surface area is 120 Å². The lowest BCUT2D eigenvalue weighted by atomic mass is 9.96. The molecule has 0 aromatic heterocycles. The first-order valence-corrected chi connectivity index (χ1v) is 6.84. The lowest BCUT2D eigenvalue weighted by molar-refractivity contribution is -0.139. The van der Waals surface area contributed by atoms with E-state index >= 15 is 0 Å². The normalized spacial score (nSPS) is 13.7. The molecule has 0 spiro atoms. The van der Waals surface area contributed by atoms with E-state index in [9.17, 15) is 4.79 Å². The van der Waals surface area contributed by atoms with Gasteiger partial charge in [0.2, 0.25) is 0 Å². The molecule has 110 valence electrons. The average Bonchev–Trinajstić information content (AvgIpc) is 2.45. The van der Waals surface area contributed by atoms with Crippen molar-refractivity contribution in [2.45, 2.75) is 31.9 Å². The number of carboxylic acid groups (broad SMARTS) is 1. The fourth-order valence-corrected chi connectivity index (χ4v) is 2.00. The van der Waals surface area contributed by atoms with Crippen molar-refractivity contribution in [1.29, 1.82) is 0 Å². The van der Waals surface area contributed by atoms with Crippen molar-refractivity contribution in [3.8, 4) is 0 Å². The Morgan fingerprint density at radius 2 is 2.10 bits per heavy atom. The summed E-state index contributed by atoms with van der Waals surface area (Å²) in [5.41, 5.74) is 6.70. The quantitative estimate of drug-likeness (QED) is 0.645. The third-order valence-corrected chi connectivity index (χ3v) is 3.15. The Hall–Kier alpha value is -1.65. The first-order chi connectivity index (χ1) is 9.63. The van der Waals surface area contributed by atoms with Crippen LogP contribution in [0.2, 0.25) is 0 Å². The van der Waals surface area contributed by atoms with Crippen molar-refractivity contribution in [2.75, 3.05) is 6.61 Å². The van der Waals surface area contributed by atoms with Crippen molar-refractivity contribution in [2.24, 2.45) is 11.7 Å². The number of carbonyl (C=O) groups is 1. The monoisotopic (exact) mass is 277 g/mol. The van der Waals surface area contributed by atoms with E-state index in [0.29, 0.717) is 19.6 Å². The van der Waals surface area contributed by atoms with Crippen LogP contribution in [0.3, 0.4) is 0 Å². The fourth-order valence-electron chi connectivity index (χ4n) is 2.00. The summed E-state index contributed by atoms with van der Waals surface area (Å²) in [5, 5.41) is 8.87. The third-order valence-electron chi connectivity index (χ3n) is 3.15. The second kappa shape index (κ2) is 9.28. The third kappa shape index (κ3) is 6.50. The number of carboxylic acids is 1. The van der Waals surface area contributed by atoms with Crippen LogP contribution in [0.25, 0.3) is 0 Å². The van der Waals surface area contributed by atoms with Gasteiger partial charge in [-0.15, -0.1) is 6.58 Å². The van der Waals surface area contributed by atoms with Gasteiger partial charge in [0.15, 0.2) is 0 Å². The minimum atomic E-state index is -0.961. The average molecular weight is 277 g/mol. The minimum absolute atomic E-state index is 0.141. The molecule has 0 aliphatic rings. The zero-order valence-electron chi connectivity index (χ0n) is 11.7. The molecule has 0 saturated carbocycles. The smallest absolute Gasteiger partial charge is 0.320 e. The molecule has 1 aromatic rings. The first-order valence-electron chi connectivity index (χ1n) is 6.84. The lowest BCUT2D eigenvalue weighted by Crippen LogP contribution is -2.33. The molecule has 20 heavy (non-hydrogen) atoms. The second-order valence-electron chi connectivity index (χ2n) is 4.91. The van der Waals surface area contributed by atoms with Gasteiger partial charge in [0.05, 0.1) is 6.61 Å². The van der Waals surface area contributed by atoms with Crippen LogP contribution in [0, 0.1) is 5.92 Å². The zero-order valence-corrected chi connectivity index (χ0v) is 11.7. The number of hydrogen-bond donors (Lipinski definition) is 2. The molecule has 1 rings (SSSR count). The van der Waals surface area contributed by atoms with Crippen LogP contribution in [-0.2, 0) is 16.1 Å². The van der Waals surface area contributed by atoms with E-state index in [0.717, 1.165) is 18.4 Å². The Morgan fingerprint density at radius 1 is 1.40 bits per heavy atom. The van der Waals surface area contributed by atoms with E-state index < -0.39 is 12.0 Å². The van der Waals surface area contributed by atoms with Crippen molar-refractivity contribution in [1.82, 2.24) is 0 Å². The Bertz CT molecular complexity index is 405. The topological polar surface area (TPSA) is 72.5 Å². The van der Waals surface area contributed by atoms with Crippen LogP contribution in [0.4, 0.5) is 0 Å². The van der Waals surface area contributed by atoms with Gasteiger partial charge in [0.25, 0.3) is 0 Å². The summed E-state index contributed by atoms with van der Waals surface area (Å²) in [4.78, 5) is 10.8. The van der Waals surface area contributed by atoms with Crippen molar-refractivity contribution >= 4 is 5.97 Å². The molecular weight excluding hydrogens is 254 g/mol. The molecule has 0 radical (unpaired) electrons. The molecule has 1 unspecified atom stereocenters. The van der Waals surface area contributed by atoms with Gasteiger partial charge in [-0.25, -0.2) is 0 Å². The highest BCUT2D eigenvalue weighted by Crippen LogP contribution is 2.15. The number of rotatable bonds is 10. The molecule has 0 heterocycles. The summed E-state index contributed by atoms with van der Waals surface area (Å²) in [7, 11) is 0. The lowest BCUT2D eigenvalue weighted by Gasteiger charge is -2.18. The summed E-state index contributed by atoms with van der Waals surface area (Å²) in [6.07, 6.45) is 3.94. The minimum Gasteiger partial charge on any atom is -0.480 e. The Balaban J connectivity index is 2.39. The Morgan fingerprint density at radius 3 is 2.70 bits per heavy atom. The fraction of sp³-hybridized carbons (Fsp3) is 0.438. The van der Waals surface area contributed by atoms with Gasteiger partial charge in [-0.05, 0) is 30.7 Å². The number of benzene rings is 1. The van der Waals surface area contributed by atoms with E-state index in [2.05, 4.69) is 6.58 Å². The number of aliphatic carboxylic acids is 1. The predicted molar refractivity (Wildman–Crippen MR) is 79.2 cm³/mol. The maximum atomic E-state index is 10.8. The van der Waals surface area contributed by atoms with Crippen LogP contribution in [0.15, 0.2) is 43.0 Å². The number of nitrogens with two attached hydrogens (primary N) is 1. The van der Waals surface area contributed by atoms with Gasteiger partial charge < -0.3 is 15.6 Å². The summed E-state index contributed by atoms with van der Waals surface area (Å²) < 4.78 is 5.68. The standard InChI is InChI=1S/C16H23NO3/c1-2-3-7-14(10-15(17)16(18)19)12-20-11-13-8-5-4-6-9-13/h2,4-6,8-9,14-15H,1,3,7,10-12,17H2,(H,18,19)/t14?,15-/m0/s1. The highest BCUT2D eigenvalue weighted by molar-refractivity contribution is 5.73. The molecule has 0 fully saturated rings. The highest BCUT2D eigenvalue weighted by atomic mass is 16.5. The number of ether oxygens (including phenoxy) is 1. The Kier molecular flexibility index (Phi) is 7.62. The number of hydrogen-bond acceptors (Lipinski definition) is 3. The van der Waals surface area contributed by atoms with E-state index in [-0.39, 0.29) is 5.92 Å². The SMILES string of the molecule is C=CCCC(COCc1ccccc1)C[C@H](N)C(=O)O. The summed E-state index contributed by atoms with van der Waals surface area (Å²) >= 11 is 0. The van der Waals surface area contributed by atoms with Crippen molar-refractivity contribution < 1.29 is 14.6 Å². The molecule has 1 aromatic carbocycles. The van der Waals surface area contributed by atoms with Gasteiger partial charge in [-0.3, -0.25) is 4.79 Å². The number of allylic oxidation sites excluding steroid dienone is 1. The van der Waals surface area contributed by atoms with Gasteiger partial charge in [0.1, 0.15) is 6.04 Å². The van der Waals surface area contributed by atoms with Crippen LogP contribution < -0.4 is 5.73 Å². The summed E-state index contributed by atoms with van der Waals surface area (Å²) in [5.74, 6) is -0.820. The van der Waals surface area contributed by atoms with Crippen LogP contribution in [-0.4, -0.2) is 23.7 Å². The van der Waals surface area contributed by atoms with Crippen LogP contribution in [0.5, 0.6) is 0 Å². The molecular formula is C16H23NO3. The molecule has 4 nitrogen and oxygen atoms in total. The molecule has 3 N–H and O–H groups in total. The van der Waals surface area contributed by atoms with Gasteiger partial charge in [-0.1, -0.05) is 36.4 Å². The molecule has 0 aliphatic heterocycles.